The minimum atomic E-state index is -3.49. The topological polar surface area (TPSA) is 54.5 Å². The van der Waals surface area contributed by atoms with E-state index in [4.69, 9.17) is 0 Å². The van der Waals surface area contributed by atoms with Gasteiger partial charge in [0.2, 0.25) is 5.91 Å². The predicted octanol–water partition coefficient (Wildman–Crippen LogP) is 2.58. The Kier molecular flexibility index (Phi) is 4.22. The number of fused-ring (bicyclic) bond motifs is 1. The van der Waals surface area contributed by atoms with Crippen LogP contribution in [-0.4, -0.2) is 26.1 Å². The number of para-hydroxylation sites is 1. The maximum absolute atomic E-state index is 12.6. The molecule has 0 saturated heterocycles. The van der Waals surface area contributed by atoms with Crippen molar-refractivity contribution in [3.63, 3.8) is 0 Å². The Morgan fingerprint density at radius 2 is 1.74 bits per heavy atom. The van der Waals surface area contributed by atoms with Crippen LogP contribution < -0.4 is 4.90 Å². The molecule has 1 atom stereocenters. The Labute approximate surface area is 136 Å². The van der Waals surface area contributed by atoms with Crippen LogP contribution in [0.4, 0.5) is 5.69 Å². The fraction of sp³-hybridized carbons (Fsp3) is 0.278. The molecule has 4 nitrogen and oxygen atoms in total. The summed E-state index contributed by atoms with van der Waals surface area (Å²) in [7, 11) is -3.49. The molecule has 0 radical (unpaired) electrons. The molecule has 0 fully saturated rings. The first kappa shape index (κ1) is 15.7. The summed E-state index contributed by atoms with van der Waals surface area (Å²) in [5, 5.41) is 0. The van der Waals surface area contributed by atoms with E-state index in [2.05, 4.69) is 0 Å². The Morgan fingerprint density at radius 1 is 1.09 bits per heavy atom. The summed E-state index contributed by atoms with van der Waals surface area (Å²) in [5.74, 6) is -0.914. The van der Waals surface area contributed by atoms with E-state index in [-0.39, 0.29) is 17.7 Å². The number of nitrogens with zero attached hydrogens (tertiary/aromatic N) is 1. The zero-order valence-electron chi connectivity index (χ0n) is 13.0. The van der Waals surface area contributed by atoms with Gasteiger partial charge in [-0.2, -0.15) is 0 Å². The highest BCUT2D eigenvalue weighted by Crippen LogP contribution is 2.32. The molecule has 0 bridgehead atoms. The SMILES string of the molecule is C[C@@H]1Cc2ccccc2N1C(=O)CS(=O)(=O)Cc1ccccc1. The number of sulfone groups is 1. The molecule has 120 valence electrons. The number of amides is 1. The fourth-order valence-electron chi connectivity index (χ4n) is 3.08. The zero-order valence-corrected chi connectivity index (χ0v) is 13.8. The lowest BCUT2D eigenvalue weighted by molar-refractivity contribution is -0.116. The van der Waals surface area contributed by atoms with Crippen molar-refractivity contribution in [1.29, 1.82) is 0 Å². The minimum Gasteiger partial charge on any atom is -0.308 e. The number of carbonyl (C=O) groups is 1. The van der Waals surface area contributed by atoms with Crippen LogP contribution in [0.2, 0.25) is 0 Å². The van der Waals surface area contributed by atoms with Crippen LogP contribution in [0.25, 0.3) is 0 Å². The monoisotopic (exact) mass is 329 g/mol. The van der Waals surface area contributed by atoms with Crippen LogP contribution in [-0.2, 0) is 26.8 Å². The molecule has 3 rings (SSSR count). The minimum absolute atomic E-state index is 0.00757. The second-order valence-electron chi connectivity index (χ2n) is 5.96. The average Bonchev–Trinajstić information content (AvgIpc) is 2.83. The summed E-state index contributed by atoms with van der Waals surface area (Å²) in [6, 6.07) is 16.6. The van der Waals surface area contributed by atoms with Crippen molar-refractivity contribution in [1.82, 2.24) is 0 Å². The van der Waals surface area contributed by atoms with Crippen LogP contribution in [0, 0.1) is 0 Å². The lowest BCUT2D eigenvalue weighted by atomic mass is 10.1. The van der Waals surface area contributed by atoms with Gasteiger partial charge in [-0.05, 0) is 30.5 Å². The van der Waals surface area contributed by atoms with Gasteiger partial charge in [-0.25, -0.2) is 8.42 Å². The molecule has 2 aromatic carbocycles. The molecule has 5 heteroatoms. The zero-order chi connectivity index (χ0) is 16.4. The summed E-state index contributed by atoms with van der Waals surface area (Å²) in [6.07, 6.45) is 0.765. The summed E-state index contributed by atoms with van der Waals surface area (Å²) in [5.41, 5.74) is 2.63. The van der Waals surface area contributed by atoms with Gasteiger partial charge in [0.05, 0.1) is 5.75 Å². The molecule has 0 saturated carbocycles. The molecule has 2 aromatic rings. The van der Waals surface area contributed by atoms with Gasteiger partial charge in [0.15, 0.2) is 9.84 Å². The summed E-state index contributed by atoms with van der Waals surface area (Å²) < 4.78 is 24.7. The smallest absolute Gasteiger partial charge is 0.242 e. The van der Waals surface area contributed by atoms with Crippen LogP contribution >= 0.6 is 0 Å². The molecule has 0 aliphatic carbocycles. The summed E-state index contributed by atoms with van der Waals surface area (Å²) in [6.45, 7) is 1.95. The largest absolute Gasteiger partial charge is 0.308 e. The quantitative estimate of drug-likeness (QED) is 0.866. The number of rotatable bonds is 4. The molecule has 1 aliphatic rings. The fourth-order valence-corrected chi connectivity index (χ4v) is 4.40. The first-order valence-corrected chi connectivity index (χ1v) is 9.43. The van der Waals surface area contributed by atoms with Crippen molar-refractivity contribution in [2.45, 2.75) is 25.1 Å². The van der Waals surface area contributed by atoms with E-state index >= 15 is 0 Å². The normalized spacial score (nSPS) is 17.1. The van der Waals surface area contributed by atoms with E-state index in [1.165, 1.54) is 0 Å². The number of carbonyl (C=O) groups excluding carboxylic acids is 1. The molecule has 0 unspecified atom stereocenters. The molecule has 1 heterocycles. The molecule has 0 spiro atoms. The molecule has 1 amide bonds. The van der Waals surface area contributed by atoms with Gasteiger partial charge >= 0.3 is 0 Å². The standard InChI is InChI=1S/C18H19NO3S/c1-14-11-16-9-5-6-10-17(16)19(14)18(20)13-23(21,22)12-15-7-3-2-4-8-15/h2-10,14H,11-13H2,1H3/t14-/m1/s1. The van der Waals surface area contributed by atoms with Gasteiger partial charge < -0.3 is 4.90 Å². The maximum atomic E-state index is 12.6. The molecular formula is C18H19NO3S. The van der Waals surface area contributed by atoms with Crippen molar-refractivity contribution < 1.29 is 13.2 Å². The number of hydrogen-bond acceptors (Lipinski definition) is 3. The van der Waals surface area contributed by atoms with Crippen molar-refractivity contribution in [3.8, 4) is 0 Å². The first-order chi connectivity index (χ1) is 11.0. The third-order valence-electron chi connectivity index (χ3n) is 4.05. The highest BCUT2D eigenvalue weighted by Gasteiger charge is 2.32. The van der Waals surface area contributed by atoms with E-state index in [1.807, 2.05) is 37.3 Å². The van der Waals surface area contributed by atoms with E-state index in [1.54, 1.807) is 29.2 Å². The second-order valence-corrected chi connectivity index (χ2v) is 8.03. The number of benzene rings is 2. The molecular weight excluding hydrogens is 310 g/mol. The molecule has 0 N–H and O–H groups in total. The van der Waals surface area contributed by atoms with Gasteiger partial charge in [0.1, 0.15) is 5.75 Å². The van der Waals surface area contributed by atoms with E-state index in [0.29, 0.717) is 5.56 Å². The number of hydrogen-bond donors (Lipinski definition) is 0. The van der Waals surface area contributed by atoms with E-state index in [9.17, 15) is 13.2 Å². The maximum Gasteiger partial charge on any atom is 0.242 e. The third kappa shape index (κ3) is 3.45. The van der Waals surface area contributed by atoms with Gasteiger partial charge in [-0.15, -0.1) is 0 Å². The van der Waals surface area contributed by atoms with Gasteiger partial charge in [-0.3, -0.25) is 4.79 Å². The van der Waals surface area contributed by atoms with Crippen molar-refractivity contribution in [2.75, 3.05) is 10.7 Å². The van der Waals surface area contributed by atoms with Crippen molar-refractivity contribution >= 4 is 21.4 Å². The third-order valence-corrected chi connectivity index (χ3v) is 5.51. The lowest BCUT2D eigenvalue weighted by Gasteiger charge is -2.22. The Hall–Kier alpha value is -2.14. The molecule has 0 aromatic heterocycles. The van der Waals surface area contributed by atoms with E-state index < -0.39 is 15.6 Å². The van der Waals surface area contributed by atoms with Crippen LogP contribution in [0.15, 0.2) is 54.6 Å². The van der Waals surface area contributed by atoms with Crippen molar-refractivity contribution in [2.24, 2.45) is 0 Å². The molecule has 23 heavy (non-hydrogen) atoms. The summed E-state index contributed by atoms with van der Waals surface area (Å²) >= 11 is 0. The van der Waals surface area contributed by atoms with E-state index in [0.717, 1.165) is 17.7 Å². The lowest BCUT2D eigenvalue weighted by Crippen LogP contribution is -2.39. The van der Waals surface area contributed by atoms with Crippen molar-refractivity contribution in [3.05, 3.63) is 65.7 Å². The van der Waals surface area contributed by atoms with Gasteiger partial charge in [0.25, 0.3) is 0 Å². The second kappa shape index (κ2) is 6.16. The Bertz CT molecular complexity index is 815. The number of anilines is 1. The Morgan fingerprint density at radius 3 is 2.48 bits per heavy atom. The first-order valence-electron chi connectivity index (χ1n) is 7.60. The summed E-state index contributed by atoms with van der Waals surface area (Å²) in [4.78, 5) is 14.2. The van der Waals surface area contributed by atoms with Gasteiger partial charge in [-0.1, -0.05) is 48.5 Å². The Balaban J connectivity index is 1.76. The highest BCUT2D eigenvalue weighted by atomic mass is 32.2. The van der Waals surface area contributed by atoms with Gasteiger partial charge in [0, 0.05) is 11.7 Å². The average molecular weight is 329 g/mol. The van der Waals surface area contributed by atoms with Crippen LogP contribution in [0.5, 0.6) is 0 Å². The predicted molar refractivity (Wildman–Crippen MR) is 91.0 cm³/mol. The van der Waals surface area contributed by atoms with Crippen LogP contribution in [0.3, 0.4) is 0 Å². The molecule has 1 aliphatic heterocycles. The highest BCUT2D eigenvalue weighted by molar-refractivity contribution is 7.91. The van der Waals surface area contributed by atoms with Crippen LogP contribution in [0.1, 0.15) is 18.1 Å².